The molecule has 1 rings (SSSR count). The lowest BCUT2D eigenvalue weighted by atomic mass is 10.2. The van der Waals surface area contributed by atoms with E-state index in [9.17, 15) is 0 Å². The molecule has 9 heavy (non-hydrogen) atoms. The molecule has 0 aromatic rings. The summed E-state index contributed by atoms with van der Waals surface area (Å²) in [6.07, 6.45) is 8.14. The van der Waals surface area contributed by atoms with E-state index in [1.54, 1.807) is 6.34 Å². The first kappa shape index (κ1) is 6.33. The monoisotopic (exact) mass is 124 g/mol. The number of aliphatic imine (C=N–C) groups is 1. The fourth-order valence-electron chi connectivity index (χ4n) is 0.865. The normalized spacial score (nSPS) is 23.9. The summed E-state index contributed by atoms with van der Waals surface area (Å²) in [5.41, 5.74) is 0. The van der Waals surface area contributed by atoms with E-state index < -0.39 is 0 Å². The predicted molar refractivity (Wildman–Crippen MR) is 39.5 cm³/mol. The quantitative estimate of drug-likeness (QED) is 0.589. The Labute approximate surface area is 55.7 Å². The molecule has 1 atom stereocenters. The molecule has 0 aromatic heterocycles. The highest BCUT2D eigenvalue weighted by atomic mass is 15.0. The number of nitrogens with zero attached hydrogens (tertiary/aromatic N) is 1. The second-order valence-electron chi connectivity index (χ2n) is 2.16. The third-order valence-corrected chi connectivity index (χ3v) is 1.34. The van der Waals surface area contributed by atoms with Crippen LogP contribution in [0.4, 0.5) is 0 Å². The Kier molecular flexibility index (Phi) is 2.31. The molecular formula is C7H12N2. The van der Waals surface area contributed by atoms with Crippen LogP contribution in [0.5, 0.6) is 0 Å². The fourth-order valence-corrected chi connectivity index (χ4v) is 0.865. The zero-order chi connectivity index (χ0) is 6.53. The molecule has 0 saturated heterocycles. The van der Waals surface area contributed by atoms with Crippen LogP contribution in [0, 0.1) is 0 Å². The maximum absolute atomic E-state index is 4.20. The largest absolute Gasteiger partial charge is 0.353 e. The molecule has 1 heterocycles. The van der Waals surface area contributed by atoms with Crippen molar-refractivity contribution in [1.82, 2.24) is 5.32 Å². The fraction of sp³-hybridized carbons (Fsp3) is 0.571. The molecular weight excluding hydrogens is 112 g/mol. The summed E-state index contributed by atoms with van der Waals surface area (Å²) < 4.78 is 0. The Hall–Kier alpha value is -0.790. The molecule has 2 heteroatoms. The smallest absolute Gasteiger partial charge is 0.0870 e. The Bertz CT molecular complexity index is 115. The molecule has 0 radical (unpaired) electrons. The van der Waals surface area contributed by atoms with Gasteiger partial charge in [-0.05, 0) is 18.7 Å². The van der Waals surface area contributed by atoms with E-state index in [1.807, 2.05) is 6.20 Å². The summed E-state index contributed by atoms with van der Waals surface area (Å²) >= 11 is 0. The Balaban J connectivity index is 2.31. The molecule has 0 bridgehead atoms. The third kappa shape index (κ3) is 1.88. The summed E-state index contributed by atoms with van der Waals surface area (Å²) in [7, 11) is 0. The summed E-state index contributed by atoms with van der Waals surface area (Å²) in [5, 5.41) is 2.90. The maximum atomic E-state index is 4.20. The standard InChI is InChI=1S/C7H12N2/c1-2-3-7-4-5-8-6-9-7/h4-7H,2-3H2,1H3,(H,8,9). The molecule has 0 amide bonds. The van der Waals surface area contributed by atoms with Crippen LogP contribution in [-0.2, 0) is 0 Å². The van der Waals surface area contributed by atoms with Crippen molar-refractivity contribution in [3.63, 3.8) is 0 Å². The van der Waals surface area contributed by atoms with Crippen molar-refractivity contribution in [2.75, 3.05) is 0 Å². The topological polar surface area (TPSA) is 24.4 Å². The molecule has 2 nitrogen and oxygen atoms in total. The van der Waals surface area contributed by atoms with Gasteiger partial charge in [0, 0.05) is 0 Å². The van der Waals surface area contributed by atoms with Gasteiger partial charge in [-0.2, -0.15) is 0 Å². The molecule has 0 aromatic carbocycles. The van der Waals surface area contributed by atoms with Crippen molar-refractivity contribution in [1.29, 1.82) is 0 Å². The van der Waals surface area contributed by atoms with Crippen molar-refractivity contribution in [3.8, 4) is 0 Å². The van der Waals surface area contributed by atoms with Gasteiger partial charge in [0.05, 0.1) is 12.4 Å². The minimum Gasteiger partial charge on any atom is -0.353 e. The van der Waals surface area contributed by atoms with Gasteiger partial charge in [-0.1, -0.05) is 13.3 Å². The number of hydrogen-bond donors (Lipinski definition) is 1. The van der Waals surface area contributed by atoms with Crippen LogP contribution in [0.2, 0.25) is 0 Å². The van der Waals surface area contributed by atoms with Crippen LogP contribution in [-0.4, -0.2) is 12.4 Å². The van der Waals surface area contributed by atoms with Crippen LogP contribution < -0.4 is 5.32 Å². The van der Waals surface area contributed by atoms with Gasteiger partial charge in [-0.3, -0.25) is 4.99 Å². The second-order valence-corrected chi connectivity index (χ2v) is 2.16. The minimum absolute atomic E-state index is 0.427. The van der Waals surface area contributed by atoms with Gasteiger partial charge in [-0.15, -0.1) is 0 Å². The van der Waals surface area contributed by atoms with Crippen LogP contribution in [0.1, 0.15) is 19.8 Å². The van der Waals surface area contributed by atoms with E-state index in [2.05, 4.69) is 23.3 Å². The number of nitrogens with one attached hydrogen (secondary N) is 1. The number of hydrogen-bond acceptors (Lipinski definition) is 2. The molecule has 0 spiro atoms. The second kappa shape index (κ2) is 3.28. The van der Waals surface area contributed by atoms with E-state index in [1.165, 1.54) is 6.42 Å². The highest BCUT2D eigenvalue weighted by Crippen LogP contribution is 2.03. The molecule has 0 saturated carbocycles. The first-order valence-electron chi connectivity index (χ1n) is 3.38. The first-order valence-corrected chi connectivity index (χ1v) is 3.38. The van der Waals surface area contributed by atoms with Crippen LogP contribution >= 0.6 is 0 Å². The van der Waals surface area contributed by atoms with Gasteiger partial charge in [0.25, 0.3) is 0 Å². The minimum atomic E-state index is 0.427. The van der Waals surface area contributed by atoms with E-state index in [0.717, 1.165) is 6.42 Å². The third-order valence-electron chi connectivity index (χ3n) is 1.34. The average Bonchev–Trinajstić information content (AvgIpc) is 1.91. The van der Waals surface area contributed by atoms with E-state index >= 15 is 0 Å². The first-order chi connectivity index (χ1) is 4.43. The molecule has 1 N–H and O–H groups in total. The predicted octanol–water partition coefficient (Wildman–Crippen LogP) is 1.30. The highest BCUT2D eigenvalue weighted by molar-refractivity contribution is 5.57. The van der Waals surface area contributed by atoms with E-state index in [4.69, 9.17) is 0 Å². The van der Waals surface area contributed by atoms with Crippen molar-refractivity contribution < 1.29 is 0 Å². The van der Waals surface area contributed by atoms with Gasteiger partial charge in [-0.25, -0.2) is 0 Å². The SMILES string of the molecule is CCCC1C=CNC=N1. The molecule has 50 valence electrons. The zero-order valence-corrected chi connectivity index (χ0v) is 5.67. The van der Waals surface area contributed by atoms with Gasteiger partial charge in [0.2, 0.25) is 0 Å². The summed E-state index contributed by atoms with van der Waals surface area (Å²) in [6.45, 7) is 2.17. The average molecular weight is 124 g/mol. The Morgan fingerprint density at radius 2 is 2.56 bits per heavy atom. The summed E-state index contributed by atoms with van der Waals surface area (Å²) in [6, 6.07) is 0.427. The van der Waals surface area contributed by atoms with E-state index in [0.29, 0.717) is 6.04 Å². The maximum Gasteiger partial charge on any atom is 0.0870 e. The van der Waals surface area contributed by atoms with Crippen molar-refractivity contribution >= 4 is 6.34 Å². The van der Waals surface area contributed by atoms with Crippen molar-refractivity contribution in [3.05, 3.63) is 12.3 Å². The van der Waals surface area contributed by atoms with Crippen molar-refractivity contribution in [2.24, 2.45) is 4.99 Å². The van der Waals surface area contributed by atoms with Crippen LogP contribution in [0.15, 0.2) is 17.3 Å². The lowest BCUT2D eigenvalue weighted by molar-refractivity contribution is 0.697. The molecule has 1 unspecified atom stereocenters. The van der Waals surface area contributed by atoms with Crippen LogP contribution in [0.25, 0.3) is 0 Å². The number of rotatable bonds is 2. The van der Waals surface area contributed by atoms with Gasteiger partial charge in [0.15, 0.2) is 0 Å². The van der Waals surface area contributed by atoms with Crippen LogP contribution in [0.3, 0.4) is 0 Å². The Morgan fingerprint density at radius 3 is 3.11 bits per heavy atom. The van der Waals surface area contributed by atoms with E-state index in [-0.39, 0.29) is 0 Å². The van der Waals surface area contributed by atoms with Gasteiger partial charge < -0.3 is 5.32 Å². The Morgan fingerprint density at radius 1 is 1.67 bits per heavy atom. The lowest BCUT2D eigenvalue weighted by Crippen LogP contribution is -2.12. The summed E-state index contributed by atoms with van der Waals surface area (Å²) in [5.74, 6) is 0. The molecule has 0 fully saturated rings. The molecule has 1 aliphatic rings. The highest BCUT2D eigenvalue weighted by Gasteiger charge is 1.99. The summed E-state index contributed by atoms with van der Waals surface area (Å²) in [4.78, 5) is 4.20. The van der Waals surface area contributed by atoms with Gasteiger partial charge >= 0.3 is 0 Å². The molecule has 1 aliphatic heterocycles. The zero-order valence-electron chi connectivity index (χ0n) is 5.67. The lowest BCUT2D eigenvalue weighted by Gasteiger charge is -2.08. The molecule has 0 aliphatic carbocycles. The van der Waals surface area contributed by atoms with Crippen molar-refractivity contribution in [2.45, 2.75) is 25.8 Å². The van der Waals surface area contributed by atoms with Gasteiger partial charge in [0.1, 0.15) is 0 Å².